The van der Waals surface area contributed by atoms with Gasteiger partial charge in [-0.3, -0.25) is 9.36 Å². The van der Waals surface area contributed by atoms with Gasteiger partial charge in [0.1, 0.15) is 11.6 Å². The van der Waals surface area contributed by atoms with Crippen LogP contribution in [0, 0.1) is 6.92 Å². The van der Waals surface area contributed by atoms with E-state index in [1.807, 2.05) is 87.5 Å². The number of urea groups is 1. The Kier molecular flexibility index (Phi) is 7.68. The van der Waals surface area contributed by atoms with E-state index in [9.17, 15) is 9.59 Å². The van der Waals surface area contributed by atoms with Gasteiger partial charge < -0.3 is 15.0 Å². The maximum Gasteiger partial charge on any atom is 0.322 e. The number of carbonyl (C=O) groups excluding carboxylic acids is 1. The molecule has 0 bridgehead atoms. The zero-order valence-corrected chi connectivity index (χ0v) is 21.2. The third-order valence-electron chi connectivity index (χ3n) is 6.22. The minimum absolute atomic E-state index is 0.200. The molecule has 4 aromatic rings. The number of benzene rings is 3. The largest absolute Gasteiger partial charge is 0.495 e. The molecule has 1 heterocycles. The Morgan fingerprint density at radius 2 is 1.72 bits per heavy atom. The number of aromatic nitrogens is 2. The summed E-state index contributed by atoms with van der Waals surface area (Å²) in [5, 5.41) is 3.53. The number of methoxy groups -OCH3 is 1. The van der Waals surface area contributed by atoms with Gasteiger partial charge in [-0.2, -0.15) is 0 Å². The Labute approximate surface area is 211 Å². The number of anilines is 1. The SMILES string of the molecule is CCCN(C(=O)Nc1ccc(C)cc1)C(CC)c1nc2ccccc2c(=O)n1-c1ccccc1OC. The molecule has 3 aromatic carbocycles. The van der Waals surface area contributed by atoms with Crippen LogP contribution in [0.25, 0.3) is 16.6 Å². The molecule has 0 aliphatic heterocycles. The zero-order chi connectivity index (χ0) is 25.7. The summed E-state index contributed by atoms with van der Waals surface area (Å²) in [4.78, 5) is 34.1. The van der Waals surface area contributed by atoms with E-state index >= 15 is 0 Å². The van der Waals surface area contributed by atoms with Crippen LogP contribution in [0.5, 0.6) is 5.75 Å². The smallest absolute Gasteiger partial charge is 0.322 e. The molecular formula is C29H32N4O3. The van der Waals surface area contributed by atoms with E-state index < -0.39 is 6.04 Å². The number of nitrogens with one attached hydrogen (secondary N) is 1. The number of rotatable bonds is 8. The van der Waals surface area contributed by atoms with E-state index in [0.29, 0.717) is 41.1 Å². The van der Waals surface area contributed by atoms with Crippen molar-refractivity contribution in [2.75, 3.05) is 19.0 Å². The van der Waals surface area contributed by atoms with Crippen molar-refractivity contribution in [1.82, 2.24) is 14.5 Å². The summed E-state index contributed by atoms with van der Waals surface area (Å²) in [6, 6.07) is 21.7. The van der Waals surface area contributed by atoms with Crippen molar-refractivity contribution >= 4 is 22.6 Å². The minimum atomic E-state index is -0.447. The quantitative estimate of drug-likeness (QED) is 0.328. The van der Waals surface area contributed by atoms with Crippen LogP contribution in [0.4, 0.5) is 10.5 Å². The van der Waals surface area contributed by atoms with Gasteiger partial charge in [0.15, 0.2) is 0 Å². The molecule has 1 atom stereocenters. The summed E-state index contributed by atoms with van der Waals surface area (Å²) in [6.07, 6.45) is 1.32. The van der Waals surface area contributed by atoms with Gasteiger partial charge in [0.05, 0.1) is 29.7 Å². The van der Waals surface area contributed by atoms with Crippen LogP contribution >= 0.6 is 0 Å². The molecule has 0 radical (unpaired) electrons. The van der Waals surface area contributed by atoms with Gasteiger partial charge in [0, 0.05) is 12.2 Å². The monoisotopic (exact) mass is 484 g/mol. The van der Waals surface area contributed by atoms with Crippen molar-refractivity contribution < 1.29 is 9.53 Å². The summed E-state index contributed by atoms with van der Waals surface area (Å²) < 4.78 is 7.19. The van der Waals surface area contributed by atoms with Crippen molar-refractivity contribution in [3.63, 3.8) is 0 Å². The fourth-order valence-corrected chi connectivity index (χ4v) is 4.44. The number of aryl methyl sites for hydroxylation is 1. The molecule has 0 spiro atoms. The number of ether oxygens (including phenoxy) is 1. The van der Waals surface area contributed by atoms with Gasteiger partial charge in [-0.1, -0.05) is 55.8 Å². The number of carbonyl (C=O) groups is 1. The van der Waals surface area contributed by atoms with Crippen LogP contribution in [-0.2, 0) is 0 Å². The van der Waals surface area contributed by atoms with Crippen LogP contribution < -0.4 is 15.6 Å². The number of hydrogen-bond donors (Lipinski definition) is 1. The number of nitrogens with zero attached hydrogens (tertiary/aromatic N) is 3. The van der Waals surface area contributed by atoms with Crippen molar-refractivity contribution in [2.45, 2.75) is 39.7 Å². The normalized spacial score (nSPS) is 11.8. The summed E-state index contributed by atoms with van der Waals surface area (Å²) in [6.45, 7) is 6.54. The van der Waals surface area contributed by atoms with E-state index in [4.69, 9.17) is 9.72 Å². The van der Waals surface area contributed by atoms with Crippen molar-refractivity contribution in [1.29, 1.82) is 0 Å². The minimum Gasteiger partial charge on any atom is -0.495 e. The van der Waals surface area contributed by atoms with E-state index in [0.717, 1.165) is 17.7 Å². The first kappa shape index (κ1) is 25.0. The lowest BCUT2D eigenvalue weighted by Crippen LogP contribution is -2.41. The van der Waals surface area contributed by atoms with Gasteiger partial charge in [-0.05, 0) is 56.2 Å². The Morgan fingerprint density at radius 1 is 1.03 bits per heavy atom. The van der Waals surface area contributed by atoms with Gasteiger partial charge >= 0.3 is 6.03 Å². The lowest BCUT2D eigenvalue weighted by atomic mass is 10.1. The van der Waals surface area contributed by atoms with E-state index in [1.165, 1.54) is 0 Å². The predicted molar refractivity (Wildman–Crippen MR) is 144 cm³/mol. The molecule has 4 rings (SSSR count). The maximum absolute atomic E-state index is 13.9. The summed E-state index contributed by atoms with van der Waals surface area (Å²) in [7, 11) is 1.58. The summed E-state index contributed by atoms with van der Waals surface area (Å²) in [5.74, 6) is 1.05. The number of hydrogen-bond acceptors (Lipinski definition) is 4. The van der Waals surface area contributed by atoms with E-state index in [1.54, 1.807) is 22.6 Å². The van der Waals surface area contributed by atoms with Gasteiger partial charge in [-0.25, -0.2) is 9.78 Å². The van der Waals surface area contributed by atoms with Gasteiger partial charge in [0.2, 0.25) is 0 Å². The Bertz CT molecular complexity index is 1410. The van der Waals surface area contributed by atoms with Crippen molar-refractivity contribution in [3.05, 3.63) is 94.5 Å². The molecule has 186 valence electrons. The standard InChI is InChI=1S/C29H32N4O3/c1-5-19-32(29(35)30-21-17-15-20(3)16-18-21)24(6-2)27-31-23-12-8-7-11-22(23)28(34)33(27)25-13-9-10-14-26(25)36-4/h7-18,24H,5-6,19H2,1-4H3,(H,30,35). The molecule has 7 heteroatoms. The lowest BCUT2D eigenvalue weighted by molar-refractivity contribution is 0.181. The Balaban J connectivity index is 1.89. The molecular weight excluding hydrogens is 452 g/mol. The molecule has 0 saturated carbocycles. The molecule has 0 fully saturated rings. The Hall–Kier alpha value is -4.13. The first-order chi connectivity index (χ1) is 17.5. The molecule has 36 heavy (non-hydrogen) atoms. The average molecular weight is 485 g/mol. The van der Waals surface area contributed by atoms with Crippen molar-refractivity contribution in [2.24, 2.45) is 0 Å². The highest BCUT2D eigenvalue weighted by Gasteiger charge is 2.29. The fraction of sp³-hybridized carbons (Fsp3) is 0.276. The maximum atomic E-state index is 13.9. The summed E-state index contributed by atoms with van der Waals surface area (Å²) >= 11 is 0. The number of amides is 2. The van der Waals surface area contributed by atoms with Crippen LogP contribution in [0.15, 0.2) is 77.6 Å². The lowest BCUT2D eigenvalue weighted by Gasteiger charge is -2.32. The molecule has 1 N–H and O–H groups in total. The van der Waals surface area contributed by atoms with Crippen LogP contribution in [-0.4, -0.2) is 34.1 Å². The zero-order valence-electron chi connectivity index (χ0n) is 21.2. The molecule has 7 nitrogen and oxygen atoms in total. The molecule has 2 amide bonds. The topological polar surface area (TPSA) is 76.5 Å². The molecule has 0 aliphatic carbocycles. The molecule has 0 aliphatic rings. The molecule has 1 aromatic heterocycles. The number of fused-ring (bicyclic) bond motifs is 1. The second-order valence-corrected chi connectivity index (χ2v) is 8.71. The van der Waals surface area contributed by atoms with Crippen LogP contribution in [0.3, 0.4) is 0 Å². The van der Waals surface area contributed by atoms with E-state index in [-0.39, 0.29) is 11.6 Å². The molecule has 1 unspecified atom stereocenters. The van der Waals surface area contributed by atoms with Crippen molar-refractivity contribution in [3.8, 4) is 11.4 Å². The number of para-hydroxylation sites is 3. The van der Waals surface area contributed by atoms with E-state index in [2.05, 4.69) is 5.32 Å². The van der Waals surface area contributed by atoms with Crippen LogP contribution in [0.1, 0.15) is 44.1 Å². The fourth-order valence-electron chi connectivity index (χ4n) is 4.44. The molecule has 0 saturated heterocycles. The first-order valence-electron chi connectivity index (χ1n) is 12.3. The Morgan fingerprint density at radius 3 is 2.42 bits per heavy atom. The highest BCUT2D eigenvalue weighted by molar-refractivity contribution is 5.89. The predicted octanol–water partition coefficient (Wildman–Crippen LogP) is 6.10. The second-order valence-electron chi connectivity index (χ2n) is 8.71. The summed E-state index contributed by atoms with van der Waals surface area (Å²) in [5.41, 5.74) is 2.82. The van der Waals surface area contributed by atoms with Gasteiger partial charge in [0.25, 0.3) is 5.56 Å². The van der Waals surface area contributed by atoms with Crippen LogP contribution in [0.2, 0.25) is 0 Å². The first-order valence-corrected chi connectivity index (χ1v) is 12.3. The highest BCUT2D eigenvalue weighted by atomic mass is 16.5. The second kappa shape index (κ2) is 11.1. The third kappa shape index (κ3) is 4.96. The highest BCUT2D eigenvalue weighted by Crippen LogP contribution is 2.30. The third-order valence-corrected chi connectivity index (χ3v) is 6.22. The average Bonchev–Trinajstić information content (AvgIpc) is 2.90. The van der Waals surface area contributed by atoms with Gasteiger partial charge in [-0.15, -0.1) is 0 Å².